The molecule has 0 spiro atoms. The Morgan fingerprint density at radius 1 is 1.80 bits per heavy atom. The molecule has 1 aromatic rings. The summed E-state index contributed by atoms with van der Waals surface area (Å²) in [6.45, 7) is 0. The quantitative estimate of drug-likeness (QED) is 0.697. The third-order valence-electron chi connectivity index (χ3n) is 1.06. The van der Waals surface area contributed by atoms with E-state index < -0.39 is 0 Å². The van der Waals surface area contributed by atoms with E-state index >= 15 is 0 Å². The number of hydrogen-bond acceptors (Lipinski definition) is 4. The molecule has 1 atom stereocenters. The van der Waals surface area contributed by atoms with E-state index in [2.05, 4.69) is 22.7 Å². The summed E-state index contributed by atoms with van der Waals surface area (Å²) in [6, 6.07) is 0. The van der Waals surface area contributed by atoms with Crippen molar-refractivity contribution in [3.63, 3.8) is 0 Å². The molecule has 0 N–H and O–H groups in total. The molecular formula is C5H9N3S2. The standard InChI is InChI=1S/C5H9N3S2/c1-10-2-5(9)8-4-6-3-7-8/h3-5,9H,2H2,1H3. The minimum atomic E-state index is 0.150. The molecule has 1 rings (SSSR count). The highest BCUT2D eigenvalue weighted by molar-refractivity contribution is 7.99. The molecule has 0 aliphatic rings. The molecule has 5 heteroatoms. The highest BCUT2D eigenvalue weighted by atomic mass is 32.2. The highest BCUT2D eigenvalue weighted by Gasteiger charge is 2.02. The number of thioether (sulfide) groups is 1. The van der Waals surface area contributed by atoms with Crippen LogP contribution in [0, 0.1) is 0 Å². The second-order valence-electron chi connectivity index (χ2n) is 1.81. The van der Waals surface area contributed by atoms with E-state index in [0.717, 1.165) is 5.75 Å². The van der Waals surface area contributed by atoms with Crippen LogP contribution in [-0.2, 0) is 0 Å². The molecule has 3 nitrogen and oxygen atoms in total. The normalized spacial score (nSPS) is 13.4. The van der Waals surface area contributed by atoms with E-state index in [9.17, 15) is 0 Å². The van der Waals surface area contributed by atoms with Gasteiger partial charge in [-0.15, -0.1) is 0 Å². The smallest absolute Gasteiger partial charge is 0.137 e. The zero-order chi connectivity index (χ0) is 7.40. The molecular weight excluding hydrogens is 166 g/mol. The summed E-state index contributed by atoms with van der Waals surface area (Å²) >= 11 is 6.05. The van der Waals surface area contributed by atoms with Crippen molar-refractivity contribution in [2.45, 2.75) is 5.37 Å². The first-order valence-corrected chi connectivity index (χ1v) is 4.76. The van der Waals surface area contributed by atoms with Crippen LogP contribution in [0.3, 0.4) is 0 Å². The van der Waals surface area contributed by atoms with Crippen LogP contribution in [-0.4, -0.2) is 26.8 Å². The van der Waals surface area contributed by atoms with Crippen molar-refractivity contribution in [1.29, 1.82) is 0 Å². The predicted octanol–water partition coefficient (Wildman–Crippen LogP) is 1.07. The molecule has 0 saturated heterocycles. The largest absolute Gasteiger partial charge is 0.239 e. The lowest BCUT2D eigenvalue weighted by Crippen LogP contribution is -2.05. The maximum atomic E-state index is 4.31. The van der Waals surface area contributed by atoms with Crippen molar-refractivity contribution in [3.8, 4) is 0 Å². The van der Waals surface area contributed by atoms with Gasteiger partial charge < -0.3 is 0 Å². The van der Waals surface area contributed by atoms with Gasteiger partial charge in [-0.25, -0.2) is 9.67 Å². The van der Waals surface area contributed by atoms with Gasteiger partial charge in [-0.3, -0.25) is 0 Å². The Bertz CT molecular complexity index is 175. The molecule has 0 saturated carbocycles. The highest BCUT2D eigenvalue weighted by Crippen LogP contribution is 2.13. The monoisotopic (exact) mass is 175 g/mol. The summed E-state index contributed by atoms with van der Waals surface area (Å²) < 4.78 is 1.74. The van der Waals surface area contributed by atoms with Crippen LogP contribution in [0.2, 0.25) is 0 Å². The van der Waals surface area contributed by atoms with Crippen LogP contribution in [0.25, 0.3) is 0 Å². The van der Waals surface area contributed by atoms with Gasteiger partial charge in [-0.2, -0.15) is 29.5 Å². The van der Waals surface area contributed by atoms with Gasteiger partial charge in [0.05, 0.1) is 0 Å². The first-order chi connectivity index (χ1) is 4.84. The lowest BCUT2D eigenvalue weighted by molar-refractivity contribution is 0.652. The molecule has 1 aromatic heterocycles. The third kappa shape index (κ3) is 1.91. The third-order valence-corrected chi connectivity index (χ3v) is 2.37. The van der Waals surface area contributed by atoms with Crippen LogP contribution in [0.4, 0.5) is 0 Å². The number of thiol groups is 1. The Morgan fingerprint density at radius 2 is 2.60 bits per heavy atom. The van der Waals surface area contributed by atoms with Gasteiger partial charge in [0.2, 0.25) is 0 Å². The molecule has 0 amide bonds. The van der Waals surface area contributed by atoms with Crippen molar-refractivity contribution in [2.24, 2.45) is 0 Å². The summed E-state index contributed by atoms with van der Waals surface area (Å²) in [7, 11) is 0. The Balaban J connectivity index is 2.50. The second kappa shape index (κ2) is 3.88. The zero-order valence-corrected chi connectivity index (χ0v) is 7.35. The topological polar surface area (TPSA) is 30.7 Å². The molecule has 0 radical (unpaired) electrons. The molecule has 10 heavy (non-hydrogen) atoms. The molecule has 56 valence electrons. The SMILES string of the molecule is CSCC(S)n1cncn1. The molecule has 0 aliphatic heterocycles. The number of hydrogen-bond donors (Lipinski definition) is 1. The Kier molecular flexibility index (Phi) is 3.08. The average molecular weight is 175 g/mol. The maximum Gasteiger partial charge on any atom is 0.137 e. The Labute approximate surface area is 69.6 Å². The van der Waals surface area contributed by atoms with Crippen molar-refractivity contribution >= 4 is 24.4 Å². The van der Waals surface area contributed by atoms with Crippen LogP contribution in [0.15, 0.2) is 12.7 Å². The molecule has 0 fully saturated rings. The van der Waals surface area contributed by atoms with Crippen molar-refractivity contribution in [1.82, 2.24) is 14.8 Å². The first-order valence-electron chi connectivity index (χ1n) is 2.85. The fourth-order valence-electron chi connectivity index (χ4n) is 0.597. The minimum Gasteiger partial charge on any atom is -0.239 e. The van der Waals surface area contributed by atoms with Crippen LogP contribution in [0.1, 0.15) is 5.37 Å². The van der Waals surface area contributed by atoms with Gasteiger partial charge in [0.1, 0.15) is 18.0 Å². The summed E-state index contributed by atoms with van der Waals surface area (Å²) in [5.41, 5.74) is 0. The molecule has 0 aliphatic carbocycles. The summed E-state index contributed by atoms with van der Waals surface area (Å²) in [5.74, 6) is 0.951. The number of aromatic nitrogens is 3. The molecule has 0 aromatic carbocycles. The van der Waals surface area contributed by atoms with Crippen molar-refractivity contribution < 1.29 is 0 Å². The molecule has 1 unspecified atom stereocenters. The van der Waals surface area contributed by atoms with Crippen molar-refractivity contribution in [3.05, 3.63) is 12.7 Å². The first kappa shape index (κ1) is 7.94. The average Bonchev–Trinajstić information content (AvgIpc) is 2.38. The van der Waals surface area contributed by atoms with E-state index in [0.29, 0.717) is 0 Å². The van der Waals surface area contributed by atoms with E-state index in [1.54, 1.807) is 22.8 Å². The Hall–Kier alpha value is -0.160. The van der Waals surface area contributed by atoms with Crippen molar-refractivity contribution in [2.75, 3.05) is 12.0 Å². The summed E-state index contributed by atoms with van der Waals surface area (Å²) in [6.07, 6.45) is 5.23. The van der Waals surface area contributed by atoms with Gasteiger partial charge in [-0.1, -0.05) is 0 Å². The van der Waals surface area contributed by atoms with E-state index in [1.165, 1.54) is 6.33 Å². The lowest BCUT2D eigenvalue weighted by atomic mass is 10.7. The van der Waals surface area contributed by atoms with Gasteiger partial charge >= 0.3 is 0 Å². The van der Waals surface area contributed by atoms with Gasteiger partial charge in [0.25, 0.3) is 0 Å². The van der Waals surface area contributed by atoms with E-state index in [4.69, 9.17) is 0 Å². The molecule has 0 bridgehead atoms. The fourth-order valence-corrected chi connectivity index (χ4v) is 1.61. The second-order valence-corrected chi connectivity index (χ2v) is 3.32. The number of rotatable bonds is 3. The minimum absolute atomic E-state index is 0.150. The Morgan fingerprint density at radius 3 is 3.10 bits per heavy atom. The van der Waals surface area contributed by atoms with Gasteiger partial charge in [-0.05, 0) is 6.26 Å². The lowest BCUT2D eigenvalue weighted by Gasteiger charge is -2.06. The van der Waals surface area contributed by atoms with Crippen LogP contribution >= 0.6 is 24.4 Å². The summed E-state index contributed by atoms with van der Waals surface area (Å²) in [5, 5.41) is 4.10. The molecule has 1 heterocycles. The van der Waals surface area contributed by atoms with Crippen LogP contribution < -0.4 is 0 Å². The van der Waals surface area contributed by atoms with Crippen LogP contribution in [0.5, 0.6) is 0 Å². The number of nitrogens with zero attached hydrogens (tertiary/aromatic N) is 3. The zero-order valence-electron chi connectivity index (χ0n) is 5.64. The summed E-state index contributed by atoms with van der Waals surface area (Å²) in [4.78, 5) is 3.82. The van der Waals surface area contributed by atoms with E-state index in [-0.39, 0.29) is 5.37 Å². The van der Waals surface area contributed by atoms with Gasteiger partial charge in [0.15, 0.2) is 0 Å². The fraction of sp³-hybridized carbons (Fsp3) is 0.600. The van der Waals surface area contributed by atoms with E-state index in [1.807, 2.05) is 6.26 Å². The predicted molar refractivity (Wildman–Crippen MR) is 46.4 cm³/mol. The van der Waals surface area contributed by atoms with Gasteiger partial charge in [0, 0.05) is 5.75 Å². The maximum absolute atomic E-state index is 4.31.